The van der Waals surface area contributed by atoms with Crippen molar-refractivity contribution in [3.63, 3.8) is 0 Å². The van der Waals surface area contributed by atoms with Gasteiger partial charge < -0.3 is 14.6 Å². The van der Waals surface area contributed by atoms with Crippen LogP contribution in [0.25, 0.3) is 0 Å². The van der Waals surface area contributed by atoms with Gasteiger partial charge >= 0.3 is 11.9 Å². The molecule has 0 aliphatic heterocycles. The number of aldehydes is 1. The fourth-order valence-electron chi connectivity index (χ4n) is 0.890. The monoisotopic (exact) mass is 230 g/mol. The highest BCUT2D eigenvalue weighted by atomic mass is 16.6. The second-order valence-corrected chi connectivity index (χ2v) is 2.96. The number of aliphatic hydroxyl groups excluding tert-OH is 1. The van der Waals surface area contributed by atoms with E-state index < -0.39 is 24.1 Å². The molecule has 0 saturated carbocycles. The smallest absolute Gasteiger partial charge is 0.303 e. The number of hydrogen-bond donors (Lipinski definition) is 1. The largest absolute Gasteiger partial charge is 0.463 e. The Kier molecular flexibility index (Phi) is 6.78. The Morgan fingerprint density at radius 3 is 2.38 bits per heavy atom. The highest BCUT2D eigenvalue weighted by Gasteiger charge is 2.20. The van der Waals surface area contributed by atoms with Crippen molar-refractivity contribution in [3.05, 3.63) is 12.2 Å². The Balaban J connectivity index is 4.35. The zero-order chi connectivity index (χ0) is 12.6. The highest BCUT2D eigenvalue weighted by Crippen LogP contribution is 2.03. The molecule has 0 aromatic rings. The van der Waals surface area contributed by atoms with Crippen molar-refractivity contribution in [2.45, 2.75) is 26.1 Å². The van der Waals surface area contributed by atoms with Crippen molar-refractivity contribution in [2.24, 2.45) is 0 Å². The minimum atomic E-state index is -1.20. The quantitative estimate of drug-likeness (QED) is 0.379. The molecule has 2 atom stereocenters. The zero-order valence-electron chi connectivity index (χ0n) is 9.08. The predicted octanol–water partition coefficient (Wildman–Crippen LogP) is -0.403. The van der Waals surface area contributed by atoms with Gasteiger partial charge in [0.2, 0.25) is 0 Å². The molecule has 1 N–H and O–H groups in total. The summed E-state index contributed by atoms with van der Waals surface area (Å²) in [5.41, 5.74) is 0. The molecule has 16 heavy (non-hydrogen) atoms. The van der Waals surface area contributed by atoms with Crippen molar-refractivity contribution >= 4 is 18.2 Å². The number of hydrogen-bond acceptors (Lipinski definition) is 6. The number of rotatable bonds is 6. The maximum absolute atomic E-state index is 10.7. The van der Waals surface area contributed by atoms with Gasteiger partial charge in [0.1, 0.15) is 25.1 Å². The molecule has 0 unspecified atom stereocenters. The summed E-state index contributed by atoms with van der Waals surface area (Å²) < 4.78 is 9.26. The van der Waals surface area contributed by atoms with Gasteiger partial charge in [-0.25, -0.2) is 0 Å². The Morgan fingerprint density at radius 1 is 1.31 bits per heavy atom. The number of allylic oxidation sites excluding steroid dienone is 1. The SMILES string of the molecule is CC(=O)OC[C@@H](O)[C@H](/C=C/C=O)OC(C)=O. The molecule has 0 aromatic heterocycles. The Labute approximate surface area is 92.8 Å². The first-order valence-electron chi connectivity index (χ1n) is 4.58. The summed E-state index contributed by atoms with van der Waals surface area (Å²) in [7, 11) is 0. The van der Waals surface area contributed by atoms with Gasteiger partial charge in [0.05, 0.1) is 0 Å². The number of carbonyl (C=O) groups excluding carboxylic acids is 3. The van der Waals surface area contributed by atoms with E-state index in [2.05, 4.69) is 4.74 Å². The molecule has 0 radical (unpaired) electrons. The van der Waals surface area contributed by atoms with E-state index in [0.717, 1.165) is 6.08 Å². The second kappa shape index (κ2) is 7.58. The van der Waals surface area contributed by atoms with Gasteiger partial charge in [0.15, 0.2) is 0 Å². The maximum Gasteiger partial charge on any atom is 0.303 e. The number of ether oxygens (including phenoxy) is 2. The summed E-state index contributed by atoms with van der Waals surface area (Å²) in [6, 6.07) is 0. The first-order chi connectivity index (χ1) is 7.47. The molecule has 0 aliphatic rings. The summed E-state index contributed by atoms with van der Waals surface area (Å²) in [6.07, 6.45) is 0.563. The van der Waals surface area contributed by atoms with Crippen LogP contribution in [0.1, 0.15) is 13.8 Å². The summed E-state index contributed by atoms with van der Waals surface area (Å²) >= 11 is 0. The van der Waals surface area contributed by atoms with Gasteiger partial charge in [-0.2, -0.15) is 0 Å². The maximum atomic E-state index is 10.7. The van der Waals surface area contributed by atoms with Crippen LogP contribution < -0.4 is 0 Å². The summed E-state index contributed by atoms with van der Waals surface area (Å²) in [4.78, 5) is 31.3. The summed E-state index contributed by atoms with van der Waals surface area (Å²) in [5, 5.41) is 9.51. The molecule has 0 rings (SSSR count). The average Bonchev–Trinajstić information content (AvgIpc) is 2.20. The van der Waals surface area contributed by atoms with Gasteiger partial charge in [-0.15, -0.1) is 0 Å². The lowest BCUT2D eigenvalue weighted by molar-refractivity contribution is -0.154. The van der Waals surface area contributed by atoms with E-state index in [-0.39, 0.29) is 6.61 Å². The Morgan fingerprint density at radius 2 is 1.94 bits per heavy atom. The molecule has 0 aliphatic carbocycles. The van der Waals surface area contributed by atoms with Gasteiger partial charge in [-0.05, 0) is 12.2 Å². The third-order valence-electron chi connectivity index (χ3n) is 1.52. The third-order valence-corrected chi connectivity index (χ3v) is 1.52. The minimum Gasteiger partial charge on any atom is -0.463 e. The van der Waals surface area contributed by atoms with Crippen molar-refractivity contribution in [2.75, 3.05) is 6.61 Å². The van der Waals surface area contributed by atoms with E-state index >= 15 is 0 Å². The molecule has 0 bridgehead atoms. The minimum absolute atomic E-state index is 0.309. The highest BCUT2D eigenvalue weighted by molar-refractivity contribution is 5.68. The Hall–Kier alpha value is -1.69. The molecule has 0 spiro atoms. The van der Waals surface area contributed by atoms with Crippen LogP contribution in [0.2, 0.25) is 0 Å². The zero-order valence-corrected chi connectivity index (χ0v) is 9.08. The van der Waals surface area contributed by atoms with Crippen molar-refractivity contribution < 1.29 is 29.0 Å². The van der Waals surface area contributed by atoms with Crippen molar-refractivity contribution in [1.29, 1.82) is 0 Å². The third kappa shape index (κ3) is 6.72. The average molecular weight is 230 g/mol. The lowest BCUT2D eigenvalue weighted by atomic mass is 10.2. The van der Waals surface area contributed by atoms with Gasteiger partial charge in [0.25, 0.3) is 0 Å². The van der Waals surface area contributed by atoms with Crippen LogP contribution in [0.4, 0.5) is 0 Å². The lowest BCUT2D eigenvalue weighted by Gasteiger charge is -2.18. The molecule has 6 heteroatoms. The topological polar surface area (TPSA) is 89.9 Å². The van der Waals surface area contributed by atoms with Crippen LogP contribution in [0.3, 0.4) is 0 Å². The van der Waals surface area contributed by atoms with Gasteiger partial charge in [0, 0.05) is 13.8 Å². The van der Waals surface area contributed by atoms with Crippen LogP contribution in [0.15, 0.2) is 12.2 Å². The lowest BCUT2D eigenvalue weighted by Crippen LogP contribution is -2.33. The van der Waals surface area contributed by atoms with E-state index in [1.165, 1.54) is 19.9 Å². The summed E-state index contributed by atoms with van der Waals surface area (Å²) in [5.74, 6) is -1.16. The molecule has 0 aromatic carbocycles. The Bertz CT molecular complexity index is 283. The standard InChI is InChI=1S/C10H14O6/c1-7(12)15-6-9(14)10(4-3-5-11)16-8(2)13/h3-5,9-10,14H,6H2,1-2H3/b4-3+/t9-,10+/m1/s1. The van der Waals surface area contributed by atoms with Crippen LogP contribution in [-0.2, 0) is 23.9 Å². The second-order valence-electron chi connectivity index (χ2n) is 2.96. The molecule has 0 amide bonds. The molecule has 6 nitrogen and oxygen atoms in total. The molecular formula is C10H14O6. The van der Waals surface area contributed by atoms with Crippen LogP contribution in [0, 0.1) is 0 Å². The number of carbonyl (C=O) groups is 3. The molecule has 90 valence electrons. The molecular weight excluding hydrogens is 216 g/mol. The normalized spacial score (nSPS) is 14.2. The van der Waals surface area contributed by atoms with Crippen molar-refractivity contribution in [1.82, 2.24) is 0 Å². The summed E-state index contributed by atoms with van der Waals surface area (Å²) in [6.45, 7) is 2.05. The van der Waals surface area contributed by atoms with Gasteiger partial charge in [-0.1, -0.05) is 0 Å². The fourth-order valence-corrected chi connectivity index (χ4v) is 0.890. The van der Waals surface area contributed by atoms with Gasteiger partial charge in [-0.3, -0.25) is 14.4 Å². The fraction of sp³-hybridized carbons (Fsp3) is 0.500. The van der Waals surface area contributed by atoms with E-state index in [0.29, 0.717) is 6.29 Å². The van der Waals surface area contributed by atoms with E-state index in [1.807, 2.05) is 0 Å². The first-order valence-corrected chi connectivity index (χ1v) is 4.58. The van der Waals surface area contributed by atoms with E-state index in [4.69, 9.17) is 4.74 Å². The molecule has 0 fully saturated rings. The van der Waals surface area contributed by atoms with Crippen LogP contribution >= 0.6 is 0 Å². The van der Waals surface area contributed by atoms with E-state index in [9.17, 15) is 19.5 Å². The van der Waals surface area contributed by atoms with Crippen LogP contribution in [-0.4, -0.2) is 42.1 Å². The number of esters is 2. The number of aliphatic hydroxyl groups is 1. The van der Waals surface area contributed by atoms with Crippen molar-refractivity contribution in [3.8, 4) is 0 Å². The first kappa shape index (κ1) is 14.3. The van der Waals surface area contributed by atoms with Crippen LogP contribution in [0.5, 0.6) is 0 Å². The molecule has 0 heterocycles. The molecule has 0 saturated heterocycles. The predicted molar refractivity (Wildman–Crippen MR) is 53.4 cm³/mol. The van der Waals surface area contributed by atoms with E-state index in [1.54, 1.807) is 0 Å².